The molecule has 8 heteroatoms. The third kappa shape index (κ3) is 3.30. The number of carbonyl (C=O) groups is 1. The van der Waals surface area contributed by atoms with E-state index in [1.54, 1.807) is 0 Å². The number of hydrogen-bond acceptors (Lipinski definition) is 4. The van der Waals surface area contributed by atoms with Gasteiger partial charge in [0.2, 0.25) is 5.60 Å². The topological polar surface area (TPSA) is 72.3 Å². The minimum Gasteiger partial charge on any atom is -0.478 e. The van der Waals surface area contributed by atoms with Crippen LogP contribution in [0.2, 0.25) is 0 Å². The van der Waals surface area contributed by atoms with E-state index in [0.29, 0.717) is 6.07 Å². The molecule has 0 bridgehead atoms. The summed E-state index contributed by atoms with van der Waals surface area (Å²) < 4.78 is 41.7. The molecule has 0 atom stereocenters. The first kappa shape index (κ1) is 13.2. The van der Waals surface area contributed by atoms with E-state index in [4.69, 9.17) is 9.84 Å². The molecule has 1 heterocycles. The average Bonchev–Trinajstić information content (AvgIpc) is 2.15. The molecule has 0 radical (unpaired) electrons. The Hall–Kier alpha value is -1.86. The molecule has 0 fully saturated rings. The van der Waals surface area contributed by atoms with Gasteiger partial charge in [0.15, 0.2) is 5.69 Å². The molecular weight excluding hydrogens is 241 g/mol. The average molecular weight is 250 g/mol. The molecule has 0 aliphatic rings. The minimum atomic E-state index is -4.63. The van der Waals surface area contributed by atoms with Crippen molar-refractivity contribution >= 4 is 5.97 Å². The number of hydrogen-bond donors (Lipinski definition) is 1. The fourth-order valence-electron chi connectivity index (χ4n) is 0.820. The number of halogens is 3. The smallest absolute Gasteiger partial charge is 0.433 e. The standard InChI is InChI=1S/C9H9F3N2O3/c1-8(2,6(15)16)17-7-13-4-3-5(14-7)9(10,11)12/h3-4H,1-2H3,(H,15,16). The highest BCUT2D eigenvalue weighted by Gasteiger charge is 2.35. The molecule has 1 rings (SSSR count). The summed E-state index contributed by atoms with van der Waals surface area (Å²) in [6, 6.07) is 0.0351. The molecule has 0 saturated heterocycles. The van der Waals surface area contributed by atoms with Gasteiger partial charge >= 0.3 is 18.2 Å². The molecule has 1 aromatic rings. The van der Waals surface area contributed by atoms with Crippen molar-refractivity contribution in [2.45, 2.75) is 25.6 Å². The van der Waals surface area contributed by atoms with Gasteiger partial charge in [-0.05, 0) is 19.9 Å². The summed E-state index contributed by atoms with van der Waals surface area (Å²) >= 11 is 0. The van der Waals surface area contributed by atoms with E-state index in [1.807, 2.05) is 0 Å². The van der Waals surface area contributed by atoms with Gasteiger partial charge < -0.3 is 9.84 Å². The number of ether oxygens (including phenoxy) is 1. The lowest BCUT2D eigenvalue weighted by molar-refractivity contribution is -0.153. The van der Waals surface area contributed by atoms with Crippen LogP contribution in [0.1, 0.15) is 19.5 Å². The Labute approximate surface area is 94.3 Å². The summed E-state index contributed by atoms with van der Waals surface area (Å²) in [5.41, 5.74) is -2.90. The van der Waals surface area contributed by atoms with E-state index in [2.05, 4.69) is 9.97 Å². The maximum Gasteiger partial charge on any atom is 0.433 e. The van der Waals surface area contributed by atoms with Crippen molar-refractivity contribution in [3.63, 3.8) is 0 Å². The van der Waals surface area contributed by atoms with Crippen LogP contribution in [0.5, 0.6) is 6.01 Å². The molecule has 5 nitrogen and oxygen atoms in total. The van der Waals surface area contributed by atoms with Crippen LogP contribution in [-0.4, -0.2) is 26.6 Å². The van der Waals surface area contributed by atoms with Gasteiger partial charge in [0.25, 0.3) is 0 Å². The quantitative estimate of drug-likeness (QED) is 0.884. The molecule has 0 unspecified atom stereocenters. The Morgan fingerprint density at radius 1 is 1.41 bits per heavy atom. The van der Waals surface area contributed by atoms with Crippen LogP contribution in [0, 0.1) is 0 Å². The number of nitrogens with zero attached hydrogens (tertiary/aromatic N) is 2. The van der Waals surface area contributed by atoms with E-state index in [-0.39, 0.29) is 0 Å². The van der Waals surface area contributed by atoms with Crippen LogP contribution in [-0.2, 0) is 11.0 Å². The van der Waals surface area contributed by atoms with E-state index in [9.17, 15) is 18.0 Å². The van der Waals surface area contributed by atoms with Gasteiger partial charge in [0, 0.05) is 6.20 Å². The summed E-state index contributed by atoms with van der Waals surface area (Å²) in [7, 11) is 0. The third-order valence-electron chi connectivity index (χ3n) is 1.79. The maximum atomic E-state index is 12.3. The normalized spacial score (nSPS) is 12.3. The van der Waals surface area contributed by atoms with Gasteiger partial charge in [-0.3, -0.25) is 0 Å². The first-order chi connectivity index (χ1) is 7.63. The van der Waals surface area contributed by atoms with E-state index in [1.165, 1.54) is 13.8 Å². The zero-order chi connectivity index (χ0) is 13.3. The molecule has 0 aliphatic heterocycles. The monoisotopic (exact) mass is 250 g/mol. The van der Waals surface area contributed by atoms with Crippen LogP contribution in [0.3, 0.4) is 0 Å². The van der Waals surface area contributed by atoms with Crippen molar-refractivity contribution in [1.29, 1.82) is 0 Å². The van der Waals surface area contributed by atoms with Gasteiger partial charge in [-0.15, -0.1) is 0 Å². The summed E-state index contributed by atoms with van der Waals surface area (Å²) in [5, 5.41) is 8.73. The molecule has 1 N–H and O–H groups in total. The lowest BCUT2D eigenvalue weighted by Crippen LogP contribution is -2.38. The van der Waals surface area contributed by atoms with E-state index >= 15 is 0 Å². The van der Waals surface area contributed by atoms with Gasteiger partial charge in [-0.25, -0.2) is 9.78 Å². The highest BCUT2D eigenvalue weighted by molar-refractivity contribution is 5.76. The van der Waals surface area contributed by atoms with E-state index < -0.39 is 29.5 Å². The molecule has 0 aromatic carbocycles. The molecule has 17 heavy (non-hydrogen) atoms. The lowest BCUT2D eigenvalue weighted by atomic mass is 10.1. The van der Waals surface area contributed by atoms with Gasteiger partial charge in [0.05, 0.1) is 0 Å². The fourth-order valence-corrected chi connectivity index (χ4v) is 0.820. The van der Waals surface area contributed by atoms with Crippen molar-refractivity contribution in [3.05, 3.63) is 18.0 Å². The summed E-state index contributed by atoms with van der Waals surface area (Å²) in [4.78, 5) is 17.2. The van der Waals surface area contributed by atoms with Crippen LogP contribution < -0.4 is 4.74 Å². The minimum absolute atomic E-state index is 0.632. The zero-order valence-corrected chi connectivity index (χ0v) is 8.95. The van der Waals surface area contributed by atoms with Gasteiger partial charge in [-0.2, -0.15) is 18.2 Å². The zero-order valence-electron chi connectivity index (χ0n) is 8.95. The Bertz CT molecular complexity index is 432. The van der Waals surface area contributed by atoms with Crippen molar-refractivity contribution < 1.29 is 27.8 Å². The molecule has 0 saturated carbocycles. The van der Waals surface area contributed by atoms with Crippen LogP contribution in [0.25, 0.3) is 0 Å². The highest BCUT2D eigenvalue weighted by Crippen LogP contribution is 2.28. The van der Waals surface area contributed by atoms with E-state index in [0.717, 1.165) is 6.20 Å². The number of alkyl halides is 3. The van der Waals surface area contributed by atoms with Gasteiger partial charge in [0.1, 0.15) is 0 Å². The largest absolute Gasteiger partial charge is 0.478 e. The maximum absolute atomic E-state index is 12.3. The van der Waals surface area contributed by atoms with Crippen molar-refractivity contribution in [2.75, 3.05) is 0 Å². The number of carboxylic acid groups (broad SMARTS) is 1. The molecule has 94 valence electrons. The second kappa shape index (κ2) is 4.19. The summed E-state index contributed by atoms with van der Waals surface area (Å²) in [6.07, 6.45) is -3.78. The first-order valence-electron chi connectivity index (χ1n) is 4.45. The fraction of sp³-hybridized carbons (Fsp3) is 0.444. The Balaban J connectivity index is 2.98. The van der Waals surface area contributed by atoms with Crippen LogP contribution >= 0.6 is 0 Å². The number of carboxylic acids is 1. The summed E-state index contributed by atoms with van der Waals surface area (Å²) in [5.74, 6) is -1.33. The van der Waals surface area contributed by atoms with Crippen molar-refractivity contribution in [1.82, 2.24) is 9.97 Å². The second-order valence-corrected chi connectivity index (χ2v) is 3.64. The number of rotatable bonds is 3. The molecular formula is C9H9F3N2O3. The van der Waals surface area contributed by atoms with Crippen molar-refractivity contribution in [2.24, 2.45) is 0 Å². The van der Waals surface area contributed by atoms with Gasteiger partial charge in [-0.1, -0.05) is 0 Å². The Morgan fingerprint density at radius 2 is 2.00 bits per heavy atom. The third-order valence-corrected chi connectivity index (χ3v) is 1.79. The Morgan fingerprint density at radius 3 is 2.47 bits per heavy atom. The van der Waals surface area contributed by atoms with Crippen LogP contribution in [0.4, 0.5) is 13.2 Å². The summed E-state index contributed by atoms with van der Waals surface area (Å²) in [6.45, 7) is 2.36. The first-order valence-corrected chi connectivity index (χ1v) is 4.45. The number of aromatic nitrogens is 2. The molecule has 0 amide bonds. The van der Waals surface area contributed by atoms with Crippen molar-refractivity contribution in [3.8, 4) is 6.01 Å². The molecule has 1 aromatic heterocycles. The predicted octanol–water partition coefficient (Wildman–Crippen LogP) is 1.74. The second-order valence-electron chi connectivity index (χ2n) is 3.64. The predicted molar refractivity (Wildman–Crippen MR) is 49.4 cm³/mol. The Kier molecular flexibility index (Phi) is 3.25. The van der Waals surface area contributed by atoms with Crippen LogP contribution in [0.15, 0.2) is 12.3 Å². The molecule has 0 spiro atoms. The molecule has 0 aliphatic carbocycles. The lowest BCUT2D eigenvalue weighted by Gasteiger charge is -2.19. The highest BCUT2D eigenvalue weighted by atomic mass is 19.4. The SMILES string of the molecule is CC(C)(Oc1nccc(C(F)(F)F)n1)C(=O)O. The number of aliphatic carboxylic acids is 1.